The molecule has 1 atom stereocenters. The zero-order valence-electron chi connectivity index (χ0n) is 17.4. The highest BCUT2D eigenvalue weighted by Crippen LogP contribution is 2.27. The van der Waals surface area contributed by atoms with Gasteiger partial charge in [0, 0.05) is 62.6 Å². The maximum Gasteiger partial charge on any atom is 0.123 e. The second-order valence-electron chi connectivity index (χ2n) is 7.41. The largest absolute Gasteiger partial charge is 0.507 e. The number of piperazine rings is 1. The summed E-state index contributed by atoms with van der Waals surface area (Å²) in [7, 11) is 1.59. The third-order valence-corrected chi connectivity index (χ3v) is 5.48. The van der Waals surface area contributed by atoms with Crippen LogP contribution in [0.4, 0.5) is 0 Å². The van der Waals surface area contributed by atoms with Gasteiger partial charge in [-0.2, -0.15) is 0 Å². The monoisotopic (exact) mass is 400 g/mol. The number of nitrogens with zero attached hydrogens (tertiary/aromatic N) is 2. The number of hydrogen-bond donors (Lipinski definition) is 2. The van der Waals surface area contributed by atoms with E-state index in [1.165, 1.54) is 5.56 Å². The predicted molar refractivity (Wildman–Crippen MR) is 113 cm³/mol. The topological polar surface area (TPSA) is 65.4 Å². The van der Waals surface area contributed by atoms with E-state index in [0.29, 0.717) is 18.9 Å². The summed E-state index contributed by atoms with van der Waals surface area (Å²) >= 11 is 0. The lowest BCUT2D eigenvalue weighted by Crippen LogP contribution is -2.52. The average molecular weight is 401 g/mol. The smallest absolute Gasteiger partial charge is 0.123 e. The molecule has 0 aromatic heterocycles. The zero-order valence-corrected chi connectivity index (χ0v) is 17.4. The lowest BCUT2D eigenvalue weighted by molar-refractivity contribution is 0.0490. The summed E-state index contributed by atoms with van der Waals surface area (Å²) < 4.78 is 10.9. The maximum atomic E-state index is 10.3. The van der Waals surface area contributed by atoms with Crippen molar-refractivity contribution in [2.75, 3.05) is 40.0 Å². The van der Waals surface area contributed by atoms with Crippen LogP contribution in [0.1, 0.15) is 24.5 Å². The van der Waals surface area contributed by atoms with Crippen molar-refractivity contribution in [2.45, 2.75) is 32.5 Å². The summed E-state index contributed by atoms with van der Waals surface area (Å²) in [4.78, 5) is 4.77. The lowest BCUT2D eigenvalue weighted by Gasteiger charge is -2.41. The average Bonchev–Trinajstić information content (AvgIpc) is 2.73. The van der Waals surface area contributed by atoms with E-state index >= 15 is 0 Å². The Balaban J connectivity index is 1.66. The van der Waals surface area contributed by atoms with Crippen LogP contribution in [-0.2, 0) is 13.1 Å². The minimum Gasteiger partial charge on any atom is -0.507 e. The van der Waals surface area contributed by atoms with Gasteiger partial charge in [0.1, 0.15) is 17.2 Å². The molecule has 1 fully saturated rings. The highest BCUT2D eigenvalue weighted by atomic mass is 16.5. The Morgan fingerprint density at radius 1 is 1.07 bits per heavy atom. The molecule has 2 aromatic rings. The SMILES string of the molecule is CCOc1ccccc1CN1CCN(Cc2ccc(OC)cc2O)CC1CCO. The molecular weight excluding hydrogens is 368 g/mol. The molecule has 6 heteroatoms. The Labute approximate surface area is 173 Å². The molecular formula is C23H32N2O4. The van der Waals surface area contributed by atoms with Gasteiger partial charge < -0.3 is 19.7 Å². The van der Waals surface area contributed by atoms with Crippen molar-refractivity contribution in [2.24, 2.45) is 0 Å². The van der Waals surface area contributed by atoms with E-state index in [9.17, 15) is 10.2 Å². The number of benzene rings is 2. The molecule has 0 aliphatic carbocycles. The van der Waals surface area contributed by atoms with Gasteiger partial charge in [0.25, 0.3) is 0 Å². The molecule has 2 N–H and O–H groups in total. The Hall–Kier alpha value is -2.28. The number of ether oxygens (including phenoxy) is 2. The zero-order chi connectivity index (χ0) is 20.6. The maximum absolute atomic E-state index is 10.3. The summed E-state index contributed by atoms with van der Waals surface area (Å²) in [6, 6.07) is 13.9. The fourth-order valence-corrected chi connectivity index (χ4v) is 3.93. The fourth-order valence-electron chi connectivity index (χ4n) is 3.93. The Kier molecular flexibility index (Phi) is 7.75. The fraction of sp³-hybridized carbons (Fsp3) is 0.478. The molecule has 3 rings (SSSR count). The van der Waals surface area contributed by atoms with Crippen molar-refractivity contribution in [1.29, 1.82) is 0 Å². The van der Waals surface area contributed by atoms with Crippen molar-refractivity contribution in [1.82, 2.24) is 9.80 Å². The molecule has 1 saturated heterocycles. The van der Waals surface area contributed by atoms with E-state index in [1.807, 2.05) is 37.3 Å². The lowest BCUT2D eigenvalue weighted by atomic mass is 10.1. The second-order valence-corrected chi connectivity index (χ2v) is 7.41. The number of phenolic OH excluding ortho intramolecular Hbond substituents is 1. The molecule has 0 bridgehead atoms. The van der Waals surface area contributed by atoms with E-state index in [1.54, 1.807) is 13.2 Å². The van der Waals surface area contributed by atoms with Crippen LogP contribution in [0.15, 0.2) is 42.5 Å². The quantitative estimate of drug-likeness (QED) is 0.675. The van der Waals surface area contributed by atoms with E-state index in [4.69, 9.17) is 9.47 Å². The van der Waals surface area contributed by atoms with Crippen molar-refractivity contribution >= 4 is 0 Å². The summed E-state index contributed by atoms with van der Waals surface area (Å²) in [6.45, 7) is 6.96. The number of rotatable bonds is 9. The molecule has 29 heavy (non-hydrogen) atoms. The number of para-hydroxylation sites is 1. The Morgan fingerprint density at radius 2 is 1.90 bits per heavy atom. The Morgan fingerprint density at radius 3 is 2.62 bits per heavy atom. The molecule has 158 valence electrons. The Bertz CT molecular complexity index is 783. The van der Waals surface area contributed by atoms with E-state index in [-0.39, 0.29) is 18.4 Å². The van der Waals surface area contributed by atoms with Crippen LogP contribution >= 0.6 is 0 Å². The predicted octanol–water partition coefficient (Wildman–Crippen LogP) is 2.87. The first-order chi connectivity index (χ1) is 14.1. The van der Waals surface area contributed by atoms with Gasteiger partial charge in [0.15, 0.2) is 0 Å². The van der Waals surface area contributed by atoms with Crippen molar-refractivity contribution in [3.05, 3.63) is 53.6 Å². The van der Waals surface area contributed by atoms with Gasteiger partial charge in [-0.1, -0.05) is 24.3 Å². The van der Waals surface area contributed by atoms with Crippen LogP contribution < -0.4 is 9.47 Å². The van der Waals surface area contributed by atoms with Crippen molar-refractivity contribution in [3.63, 3.8) is 0 Å². The highest BCUT2D eigenvalue weighted by molar-refractivity contribution is 5.39. The minimum absolute atomic E-state index is 0.163. The van der Waals surface area contributed by atoms with Crippen molar-refractivity contribution in [3.8, 4) is 17.2 Å². The first kappa shape index (κ1) is 21.4. The molecule has 0 saturated carbocycles. The van der Waals surface area contributed by atoms with E-state index in [2.05, 4.69) is 15.9 Å². The van der Waals surface area contributed by atoms with Crippen molar-refractivity contribution < 1.29 is 19.7 Å². The number of aromatic hydroxyl groups is 1. The van der Waals surface area contributed by atoms with Crippen LogP contribution in [0.2, 0.25) is 0 Å². The third kappa shape index (κ3) is 5.63. The minimum atomic E-state index is 0.163. The molecule has 2 aromatic carbocycles. The molecule has 6 nitrogen and oxygen atoms in total. The number of hydrogen-bond acceptors (Lipinski definition) is 6. The molecule has 1 aliphatic rings. The molecule has 0 spiro atoms. The van der Waals surface area contributed by atoms with Crippen LogP contribution in [-0.4, -0.2) is 66.0 Å². The molecule has 0 radical (unpaired) electrons. The van der Waals surface area contributed by atoms with Crippen LogP contribution in [0.3, 0.4) is 0 Å². The summed E-state index contributed by atoms with van der Waals surface area (Å²) in [5, 5.41) is 19.9. The molecule has 0 amide bonds. The summed E-state index contributed by atoms with van der Waals surface area (Å²) in [5.74, 6) is 1.85. The van der Waals surface area contributed by atoms with Gasteiger partial charge in [0.05, 0.1) is 13.7 Å². The normalized spacial score (nSPS) is 18.0. The first-order valence-corrected chi connectivity index (χ1v) is 10.3. The van der Waals surface area contributed by atoms with Crippen LogP contribution in [0.25, 0.3) is 0 Å². The van der Waals surface area contributed by atoms with E-state index < -0.39 is 0 Å². The van der Waals surface area contributed by atoms with Gasteiger partial charge in [0.2, 0.25) is 0 Å². The third-order valence-electron chi connectivity index (χ3n) is 5.48. The van der Waals surface area contributed by atoms with Gasteiger partial charge in [-0.25, -0.2) is 0 Å². The first-order valence-electron chi connectivity index (χ1n) is 10.3. The van der Waals surface area contributed by atoms with Gasteiger partial charge in [-0.05, 0) is 25.5 Å². The molecule has 1 aliphatic heterocycles. The molecule has 1 unspecified atom stereocenters. The van der Waals surface area contributed by atoms with E-state index in [0.717, 1.165) is 43.9 Å². The summed E-state index contributed by atoms with van der Waals surface area (Å²) in [6.07, 6.45) is 0.724. The standard InChI is InChI=1S/C23H32N2O4/c1-3-29-23-7-5-4-6-19(23)16-25-12-11-24(17-20(25)10-13-26)15-18-8-9-21(28-2)14-22(18)27/h4-9,14,20,26-27H,3,10-13,15-17H2,1-2H3. The van der Waals surface area contributed by atoms with Gasteiger partial charge >= 0.3 is 0 Å². The second kappa shape index (κ2) is 10.5. The number of aliphatic hydroxyl groups is 1. The number of methoxy groups -OCH3 is 1. The van der Waals surface area contributed by atoms with Crippen LogP contribution in [0.5, 0.6) is 17.2 Å². The summed E-state index contributed by atoms with van der Waals surface area (Å²) in [5.41, 5.74) is 2.07. The highest BCUT2D eigenvalue weighted by Gasteiger charge is 2.27. The number of phenols is 1. The molecule has 1 heterocycles. The van der Waals surface area contributed by atoms with Gasteiger partial charge in [-0.15, -0.1) is 0 Å². The number of aliphatic hydroxyl groups excluding tert-OH is 1. The van der Waals surface area contributed by atoms with Crippen LogP contribution in [0, 0.1) is 0 Å². The van der Waals surface area contributed by atoms with Gasteiger partial charge in [-0.3, -0.25) is 9.80 Å².